The molecule has 0 radical (unpaired) electrons. The van der Waals surface area contributed by atoms with E-state index in [4.69, 9.17) is 9.47 Å². The van der Waals surface area contributed by atoms with Gasteiger partial charge >= 0.3 is 0 Å². The first-order valence-corrected chi connectivity index (χ1v) is 30.3. The SMILES string of the molecule is CC/C=C\C/C=C\C/C=C\C/C=C\C/C=C\C/C=C\C/C=C\CCCCCCCC(=O)NC(COC1OC(CO)C(O)C(O)C1O)C(O)CCCCCCCCCCCCCCCCCCCCCCCCC. The third-order valence-electron chi connectivity index (χ3n) is 14.0. The minimum absolute atomic E-state index is 0.150. The highest BCUT2D eigenvalue weighted by atomic mass is 16.7. The average Bonchev–Trinajstić information content (AvgIpc) is 3.39. The van der Waals surface area contributed by atoms with Crippen molar-refractivity contribution in [1.82, 2.24) is 5.32 Å². The molecule has 9 heteroatoms. The number of amides is 1. The van der Waals surface area contributed by atoms with Gasteiger partial charge in [0.1, 0.15) is 24.4 Å². The molecule has 0 aromatic carbocycles. The number of rotatable bonds is 51. The molecule has 0 aliphatic carbocycles. The monoisotopic (exact) mass is 1020 g/mol. The van der Waals surface area contributed by atoms with Crippen LogP contribution in [-0.4, -0.2) is 87.5 Å². The van der Waals surface area contributed by atoms with E-state index in [1.807, 2.05) is 0 Å². The van der Waals surface area contributed by atoms with Crippen LogP contribution in [0.4, 0.5) is 0 Å². The number of nitrogens with one attached hydrogen (secondary N) is 1. The van der Waals surface area contributed by atoms with Crippen LogP contribution < -0.4 is 5.32 Å². The fourth-order valence-corrected chi connectivity index (χ4v) is 9.26. The quantitative estimate of drug-likeness (QED) is 0.0261. The molecular weight excluding hydrogens is 911 g/mol. The molecule has 0 spiro atoms. The van der Waals surface area contributed by atoms with Crippen LogP contribution in [0.1, 0.15) is 258 Å². The smallest absolute Gasteiger partial charge is 0.220 e. The first-order valence-electron chi connectivity index (χ1n) is 30.3. The molecule has 6 N–H and O–H groups in total. The van der Waals surface area contributed by atoms with E-state index >= 15 is 0 Å². The lowest BCUT2D eigenvalue weighted by Crippen LogP contribution is -2.60. The van der Waals surface area contributed by atoms with E-state index in [2.05, 4.69) is 104 Å². The van der Waals surface area contributed by atoms with Crippen molar-refractivity contribution in [1.29, 1.82) is 0 Å². The maximum absolute atomic E-state index is 13.1. The molecule has 9 nitrogen and oxygen atoms in total. The summed E-state index contributed by atoms with van der Waals surface area (Å²) in [4.78, 5) is 13.1. The summed E-state index contributed by atoms with van der Waals surface area (Å²) in [5, 5.41) is 54.8. The van der Waals surface area contributed by atoms with Crippen molar-refractivity contribution in [2.24, 2.45) is 0 Å². The molecule has 1 fully saturated rings. The number of unbranched alkanes of at least 4 members (excludes halogenated alkanes) is 27. The molecule has 7 atom stereocenters. The Morgan fingerprint density at radius 3 is 1.26 bits per heavy atom. The Morgan fingerprint density at radius 2 is 0.849 bits per heavy atom. The molecule has 1 saturated heterocycles. The summed E-state index contributed by atoms with van der Waals surface area (Å²) >= 11 is 0. The number of hydrogen-bond acceptors (Lipinski definition) is 8. The summed E-state index contributed by atoms with van der Waals surface area (Å²) in [7, 11) is 0. The third kappa shape index (κ3) is 42.2. The lowest BCUT2D eigenvalue weighted by molar-refractivity contribution is -0.302. The summed E-state index contributed by atoms with van der Waals surface area (Å²) in [6.07, 6.45) is 67.5. The van der Waals surface area contributed by atoms with E-state index < -0.39 is 49.5 Å². The van der Waals surface area contributed by atoms with Crippen LogP contribution in [0, 0.1) is 0 Å². The van der Waals surface area contributed by atoms with Crippen molar-refractivity contribution in [2.45, 2.75) is 301 Å². The normalized spacial score (nSPS) is 19.7. The van der Waals surface area contributed by atoms with Crippen LogP contribution in [0.15, 0.2) is 85.1 Å². The Morgan fingerprint density at radius 1 is 0.479 bits per heavy atom. The number of hydrogen-bond donors (Lipinski definition) is 6. The van der Waals surface area contributed by atoms with Crippen LogP contribution >= 0.6 is 0 Å². The molecule has 73 heavy (non-hydrogen) atoms. The molecule has 422 valence electrons. The van der Waals surface area contributed by atoms with E-state index in [9.17, 15) is 30.3 Å². The van der Waals surface area contributed by atoms with E-state index in [1.165, 1.54) is 128 Å². The molecule has 1 rings (SSSR count). The largest absolute Gasteiger partial charge is 0.394 e. The Balaban J connectivity index is 2.23. The van der Waals surface area contributed by atoms with Gasteiger partial charge in [-0.15, -0.1) is 0 Å². The highest BCUT2D eigenvalue weighted by Gasteiger charge is 2.44. The van der Waals surface area contributed by atoms with Gasteiger partial charge in [0.15, 0.2) is 6.29 Å². The standard InChI is InChI=1S/C64H113NO8/c1-3-5-7-9-11-13-15-17-19-21-23-25-27-28-29-30-32-34-36-38-40-42-44-46-48-50-52-54-60(68)65-57(56-72-64-63(71)62(70)61(69)59(55-66)73-64)58(67)53-51-49-47-45-43-41-39-37-35-33-31-26-24-22-20-18-16-14-12-10-8-6-4-2/h5,7,11,13,17,19,23,25,28-29,32,34,38,40,57-59,61-64,66-67,69-71H,3-4,6,8-10,12,14-16,18,20-22,24,26-27,30-31,33,35-37,39,41-56H2,1-2H3,(H,65,68)/b7-5-,13-11-,19-17-,25-23-,29-28-,34-32-,40-38-. The van der Waals surface area contributed by atoms with Gasteiger partial charge in [0.25, 0.3) is 0 Å². The topological polar surface area (TPSA) is 149 Å². The molecule has 0 aromatic heterocycles. The summed E-state index contributed by atoms with van der Waals surface area (Å²) in [5.74, 6) is -0.164. The predicted octanol–water partition coefficient (Wildman–Crippen LogP) is 15.4. The van der Waals surface area contributed by atoms with Gasteiger partial charge in [-0.25, -0.2) is 0 Å². The minimum Gasteiger partial charge on any atom is -0.394 e. The molecule has 1 heterocycles. The Bertz CT molecular complexity index is 1420. The first-order chi connectivity index (χ1) is 35.8. The highest BCUT2D eigenvalue weighted by Crippen LogP contribution is 2.23. The summed E-state index contributed by atoms with van der Waals surface area (Å²) < 4.78 is 11.3. The number of aliphatic hydroxyl groups excluding tert-OH is 5. The number of ether oxygens (including phenoxy) is 2. The number of carbonyl (C=O) groups is 1. The van der Waals surface area contributed by atoms with E-state index in [-0.39, 0.29) is 12.5 Å². The van der Waals surface area contributed by atoms with Gasteiger partial charge in [0, 0.05) is 6.42 Å². The van der Waals surface area contributed by atoms with E-state index in [1.54, 1.807) is 0 Å². The molecule has 1 aliphatic heterocycles. The van der Waals surface area contributed by atoms with Gasteiger partial charge in [-0.05, 0) is 70.6 Å². The van der Waals surface area contributed by atoms with Crippen LogP contribution in [-0.2, 0) is 14.3 Å². The van der Waals surface area contributed by atoms with Crippen molar-refractivity contribution in [3.05, 3.63) is 85.1 Å². The lowest BCUT2D eigenvalue weighted by Gasteiger charge is -2.40. The Labute approximate surface area is 448 Å². The molecule has 0 saturated carbocycles. The third-order valence-corrected chi connectivity index (χ3v) is 14.0. The zero-order valence-corrected chi connectivity index (χ0v) is 46.9. The molecule has 1 amide bonds. The first kappa shape index (κ1) is 68.4. The maximum Gasteiger partial charge on any atom is 0.220 e. The number of aliphatic hydroxyl groups is 5. The molecule has 0 bridgehead atoms. The van der Waals surface area contributed by atoms with Gasteiger partial charge in [-0.2, -0.15) is 0 Å². The highest BCUT2D eigenvalue weighted by molar-refractivity contribution is 5.76. The average molecular weight is 1020 g/mol. The second kappa shape index (κ2) is 52.8. The summed E-state index contributed by atoms with van der Waals surface area (Å²) in [6.45, 7) is 3.73. The van der Waals surface area contributed by atoms with E-state index in [0.717, 1.165) is 103 Å². The number of allylic oxidation sites excluding steroid dienone is 14. The second-order valence-electron chi connectivity index (χ2n) is 20.8. The fraction of sp³-hybridized carbons (Fsp3) is 0.766. The zero-order valence-electron chi connectivity index (χ0n) is 46.9. The van der Waals surface area contributed by atoms with Crippen LogP contribution in [0.3, 0.4) is 0 Å². The fourth-order valence-electron chi connectivity index (χ4n) is 9.26. The molecular formula is C64H113NO8. The Hall–Kier alpha value is -2.63. The maximum atomic E-state index is 13.1. The van der Waals surface area contributed by atoms with Crippen molar-refractivity contribution in [2.75, 3.05) is 13.2 Å². The van der Waals surface area contributed by atoms with Gasteiger partial charge < -0.3 is 40.3 Å². The zero-order chi connectivity index (χ0) is 52.9. The summed E-state index contributed by atoms with van der Waals surface area (Å²) in [5.41, 5.74) is 0. The van der Waals surface area contributed by atoms with E-state index in [0.29, 0.717) is 12.8 Å². The van der Waals surface area contributed by atoms with Crippen LogP contribution in [0.2, 0.25) is 0 Å². The van der Waals surface area contributed by atoms with Crippen molar-refractivity contribution in [3.63, 3.8) is 0 Å². The van der Waals surface area contributed by atoms with Gasteiger partial charge in [0.2, 0.25) is 5.91 Å². The van der Waals surface area contributed by atoms with Crippen molar-refractivity contribution >= 4 is 5.91 Å². The lowest BCUT2D eigenvalue weighted by atomic mass is 9.99. The van der Waals surface area contributed by atoms with Crippen LogP contribution in [0.5, 0.6) is 0 Å². The second-order valence-corrected chi connectivity index (χ2v) is 20.8. The minimum atomic E-state index is -1.56. The molecule has 0 aromatic rings. The molecule has 1 aliphatic rings. The molecule has 7 unspecified atom stereocenters. The van der Waals surface area contributed by atoms with Gasteiger partial charge in [0.05, 0.1) is 25.4 Å². The Kier molecular flexibility index (Phi) is 49.5. The van der Waals surface area contributed by atoms with Gasteiger partial charge in [-0.1, -0.05) is 266 Å². The van der Waals surface area contributed by atoms with Crippen molar-refractivity contribution < 1.29 is 39.8 Å². The predicted molar refractivity (Wildman–Crippen MR) is 308 cm³/mol. The van der Waals surface area contributed by atoms with Crippen molar-refractivity contribution in [3.8, 4) is 0 Å². The van der Waals surface area contributed by atoms with Gasteiger partial charge in [-0.3, -0.25) is 4.79 Å². The summed E-state index contributed by atoms with van der Waals surface area (Å²) in [6, 6.07) is -0.737. The van der Waals surface area contributed by atoms with Crippen LogP contribution in [0.25, 0.3) is 0 Å². The number of carbonyl (C=O) groups excluding carboxylic acids is 1.